The molecule has 3 heterocycles. The molecule has 0 saturated heterocycles. The topological polar surface area (TPSA) is 43.9 Å². The average molecular weight is 616 g/mol. The van der Waals surface area contributed by atoms with Crippen molar-refractivity contribution in [3.8, 4) is 28.3 Å². The third kappa shape index (κ3) is 4.09. The molecule has 226 valence electrons. The van der Waals surface area contributed by atoms with Crippen LogP contribution in [-0.2, 0) is 6.42 Å². The summed E-state index contributed by atoms with van der Waals surface area (Å²) >= 11 is 0. The number of para-hydroxylation sites is 3. The number of hydrogen-bond donors (Lipinski definition) is 0. The van der Waals surface area contributed by atoms with Crippen molar-refractivity contribution in [1.82, 2.24) is 14.5 Å². The van der Waals surface area contributed by atoms with Crippen molar-refractivity contribution in [1.29, 1.82) is 0 Å². The first kappa shape index (κ1) is 26.9. The minimum Gasteiger partial charge on any atom is -0.454 e. The molecule has 0 bridgehead atoms. The predicted molar refractivity (Wildman–Crippen MR) is 196 cm³/mol. The summed E-state index contributed by atoms with van der Waals surface area (Å²) in [5.74, 6) is 1.01. The molecule has 48 heavy (non-hydrogen) atoms. The van der Waals surface area contributed by atoms with E-state index in [0.717, 1.165) is 61.8 Å². The van der Waals surface area contributed by atoms with Crippen LogP contribution in [0.5, 0.6) is 0 Å². The zero-order valence-corrected chi connectivity index (χ0v) is 26.0. The molecule has 3 aromatic heterocycles. The average Bonchev–Trinajstić information content (AvgIpc) is 3.71. The molecule has 0 radical (unpaired) electrons. The molecule has 9 aromatic rings. The van der Waals surface area contributed by atoms with E-state index in [0.29, 0.717) is 11.7 Å². The lowest BCUT2D eigenvalue weighted by Gasteiger charge is -2.20. The first-order valence-electron chi connectivity index (χ1n) is 16.4. The normalized spacial score (nSPS) is 14.3. The summed E-state index contributed by atoms with van der Waals surface area (Å²) in [7, 11) is 0. The van der Waals surface area contributed by atoms with E-state index in [2.05, 4.69) is 138 Å². The molecule has 1 unspecified atom stereocenters. The fourth-order valence-electron chi connectivity index (χ4n) is 7.60. The SMILES string of the molecule is C1=CC(c2ccccc2)Cc2c1c1ccccc1n2-c1cccc2c1oc1cccc(-c3nc(-c4ccccc4)nc4ccccc34)c12. The van der Waals surface area contributed by atoms with Crippen LogP contribution >= 0.6 is 0 Å². The van der Waals surface area contributed by atoms with Crippen LogP contribution in [-0.4, -0.2) is 14.5 Å². The van der Waals surface area contributed by atoms with E-state index in [1.54, 1.807) is 0 Å². The van der Waals surface area contributed by atoms with Gasteiger partial charge in [0.15, 0.2) is 11.4 Å². The summed E-state index contributed by atoms with van der Waals surface area (Å²) in [6.07, 6.45) is 5.58. The summed E-state index contributed by atoms with van der Waals surface area (Å²) in [4.78, 5) is 10.2. The van der Waals surface area contributed by atoms with Gasteiger partial charge < -0.3 is 8.98 Å². The van der Waals surface area contributed by atoms with Crippen LogP contribution in [0.1, 0.15) is 22.7 Å². The maximum Gasteiger partial charge on any atom is 0.160 e. The maximum atomic E-state index is 6.87. The Hall–Kier alpha value is -6.26. The Morgan fingerprint density at radius 1 is 0.625 bits per heavy atom. The first-order valence-corrected chi connectivity index (χ1v) is 16.4. The van der Waals surface area contributed by atoms with Crippen molar-refractivity contribution in [2.75, 3.05) is 0 Å². The van der Waals surface area contributed by atoms with E-state index >= 15 is 0 Å². The molecular weight excluding hydrogens is 587 g/mol. The Balaban J connectivity index is 1.22. The summed E-state index contributed by atoms with van der Waals surface area (Å²) in [5.41, 5.74) is 11.7. The molecule has 1 aliphatic carbocycles. The molecule has 4 heteroatoms. The Morgan fingerprint density at radius 2 is 1.35 bits per heavy atom. The Kier molecular flexibility index (Phi) is 5.97. The molecule has 0 aliphatic heterocycles. The minimum atomic E-state index is 0.299. The van der Waals surface area contributed by atoms with E-state index in [-0.39, 0.29) is 0 Å². The quantitative estimate of drug-likeness (QED) is 0.198. The lowest BCUT2D eigenvalue weighted by molar-refractivity contribution is 0.664. The largest absolute Gasteiger partial charge is 0.454 e. The van der Waals surface area contributed by atoms with Gasteiger partial charge in [-0.25, -0.2) is 9.97 Å². The molecule has 1 aliphatic rings. The zero-order chi connectivity index (χ0) is 31.6. The molecule has 0 N–H and O–H groups in total. The lowest BCUT2D eigenvalue weighted by Crippen LogP contribution is -2.10. The van der Waals surface area contributed by atoms with Gasteiger partial charge in [-0.05, 0) is 36.2 Å². The molecule has 0 spiro atoms. The number of benzene rings is 6. The van der Waals surface area contributed by atoms with Gasteiger partial charge in [0.05, 0.1) is 22.4 Å². The second-order valence-corrected chi connectivity index (χ2v) is 12.5. The second kappa shape index (κ2) is 10.6. The van der Waals surface area contributed by atoms with E-state index < -0.39 is 0 Å². The Morgan fingerprint density at radius 3 is 2.23 bits per heavy atom. The van der Waals surface area contributed by atoms with E-state index in [1.807, 2.05) is 24.3 Å². The molecule has 0 amide bonds. The molecule has 0 saturated carbocycles. The van der Waals surface area contributed by atoms with Crippen LogP contribution in [0.3, 0.4) is 0 Å². The third-order valence-corrected chi connectivity index (χ3v) is 9.79. The third-order valence-electron chi connectivity index (χ3n) is 9.79. The predicted octanol–water partition coefficient (Wildman–Crippen LogP) is 11.2. The number of hydrogen-bond acceptors (Lipinski definition) is 3. The smallest absolute Gasteiger partial charge is 0.160 e. The van der Waals surface area contributed by atoms with E-state index in [1.165, 1.54) is 27.7 Å². The fourth-order valence-corrected chi connectivity index (χ4v) is 7.60. The molecule has 6 aromatic carbocycles. The van der Waals surface area contributed by atoms with Gasteiger partial charge in [-0.1, -0.05) is 133 Å². The summed E-state index contributed by atoms with van der Waals surface area (Å²) in [6, 6.07) is 50.8. The van der Waals surface area contributed by atoms with Gasteiger partial charge >= 0.3 is 0 Å². The monoisotopic (exact) mass is 615 g/mol. The lowest BCUT2D eigenvalue weighted by atomic mass is 9.88. The molecular formula is C44H29N3O. The molecule has 10 rings (SSSR count). The first-order chi connectivity index (χ1) is 23.8. The Bertz CT molecular complexity index is 2700. The van der Waals surface area contributed by atoms with Crippen LogP contribution in [0.4, 0.5) is 0 Å². The van der Waals surface area contributed by atoms with Crippen molar-refractivity contribution >= 4 is 49.8 Å². The van der Waals surface area contributed by atoms with Gasteiger partial charge in [0, 0.05) is 49.8 Å². The highest BCUT2D eigenvalue weighted by atomic mass is 16.3. The van der Waals surface area contributed by atoms with Gasteiger partial charge in [0.25, 0.3) is 0 Å². The van der Waals surface area contributed by atoms with Crippen LogP contribution in [0, 0.1) is 0 Å². The van der Waals surface area contributed by atoms with Crippen molar-refractivity contribution in [3.63, 3.8) is 0 Å². The van der Waals surface area contributed by atoms with Gasteiger partial charge in [-0.3, -0.25) is 0 Å². The number of fused-ring (bicyclic) bond motifs is 7. The summed E-state index contributed by atoms with van der Waals surface area (Å²) in [6.45, 7) is 0. The standard InChI is InChI=1S/C44H29N3O/c1-3-13-28(14-4-1)30-25-26-32-31-17-8-10-22-37(31)47(39(32)27-30)38-23-11-20-35-41-34(19-12-24-40(41)48-43(35)38)42-33-18-7-9-21-36(33)45-44(46-42)29-15-5-2-6-16-29/h1-26,30H,27H2. The summed E-state index contributed by atoms with van der Waals surface area (Å²) in [5, 5.41) is 4.40. The number of allylic oxidation sites excluding steroid dienone is 1. The minimum absolute atomic E-state index is 0.299. The van der Waals surface area contributed by atoms with Gasteiger partial charge in [-0.2, -0.15) is 0 Å². The fraction of sp³-hybridized carbons (Fsp3) is 0.0455. The van der Waals surface area contributed by atoms with Crippen molar-refractivity contribution in [2.24, 2.45) is 0 Å². The maximum absolute atomic E-state index is 6.87. The van der Waals surface area contributed by atoms with Crippen LogP contribution in [0.2, 0.25) is 0 Å². The molecule has 0 fully saturated rings. The van der Waals surface area contributed by atoms with Gasteiger partial charge in [-0.15, -0.1) is 0 Å². The van der Waals surface area contributed by atoms with Crippen molar-refractivity contribution in [3.05, 3.63) is 168 Å². The number of rotatable bonds is 4. The van der Waals surface area contributed by atoms with Crippen LogP contribution in [0.25, 0.3) is 78.2 Å². The van der Waals surface area contributed by atoms with Crippen molar-refractivity contribution < 1.29 is 4.42 Å². The number of aromatic nitrogens is 3. The van der Waals surface area contributed by atoms with E-state index in [4.69, 9.17) is 14.4 Å². The van der Waals surface area contributed by atoms with Crippen LogP contribution in [0.15, 0.2) is 156 Å². The highest BCUT2D eigenvalue weighted by Crippen LogP contribution is 2.43. The Labute approximate surface area is 277 Å². The number of nitrogens with zero attached hydrogens (tertiary/aromatic N) is 3. The number of furan rings is 1. The highest BCUT2D eigenvalue weighted by Gasteiger charge is 2.26. The second-order valence-electron chi connectivity index (χ2n) is 12.5. The molecule has 4 nitrogen and oxygen atoms in total. The van der Waals surface area contributed by atoms with Crippen LogP contribution < -0.4 is 0 Å². The molecule has 1 atom stereocenters. The van der Waals surface area contributed by atoms with Crippen molar-refractivity contribution in [2.45, 2.75) is 12.3 Å². The summed E-state index contributed by atoms with van der Waals surface area (Å²) < 4.78 is 9.30. The van der Waals surface area contributed by atoms with E-state index in [9.17, 15) is 0 Å². The highest BCUT2D eigenvalue weighted by molar-refractivity contribution is 6.16. The zero-order valence-electron chi connectivity index (χ0n) is 26.0. The van der Waals surface area contributed by atoms with Gasteiger partial charge in [0.2, 0.25) is 0 Å². The van der Waals surface area contributed by atoms with Gasteiger partial charge in [0.1, 0.15) is 5.58 Å².